The smallest absolute Gasteiger partial charge is 0.311 e. The number of aryl methyl sites for hydroxylation is 2. The molecule has 0 aliphatic rings. The third-order valence-corrected chi connectivity index (χ3v) is 2.12. The van der Waals surface area contributed by atoms with Crippen LogP contribution in [0.1, 0.15) is 11.6 Å². The van der Waals surface area contributed by atoms with Crippen molar-refractivity contribution in [2.45, 2.75) is 13.3 Å². The summed E-state index contributed by atoms with van der Waals surface area (Å²) in [6, 6.07) is 0. The fourth-order valence-corrected chi connectivity index (χ4v) is 1.36. The Balaban J connectivity index is 2.60. The molecule has 0 aliphatic carbocycles. The molecule has 0 aromatic carbocycles. The molecule has 6 heteroatoms. The Hall–Kier alpha value is -1.85. The lowest BCUT2D eigenvalue weighted by Crippen LogP contribution is -2.01. The van der Waals surface area contributed by atoms with Gasteiger partial charge in [0.15, 0.2) is 5.76 Å². The van der Waals surface area contributed by atoms with Crippen molar-refractivity contribution < 1.29 is 14.4 Å². The van der Waals surface area contributed by atoms with Crippen LogP contribution < -0.4 is 0 Å². The first kappa shape index (κ1) is 8.74. The largest absolute Gasteiger partial charge is 0.481 e. The van der Waals surface area contributed by atoms with E-state index in [1.165, 1.54) is 0 Å². The lowest BCUT2D eigenvalue weighted by Gasteiger charge is -1.95. The molecule has 0 aliphatic heterocycles. The molecule has 0 saturated heterocycles. The summed E-state index contributed by atoms with van der Waals surface area (Å²) in [7, 11) is 1.80. The summed E-state index contributed by atoms with van der Waals surface area (Å²) < 4.78 is 6.66. The van der Waals surface area contributed by atoms with E-state index in [9.17, 15) is 4.79 Å². The van der Waals surface area contributed by atoms with Gasteiger partial charge < -0.3 is 14.2 Å². The van der Waals surface area contributed by atoms with E-state index in [4.69, 9.17) is 9.63 Å². The monoisotopic (exact) mass is 195 g/mol. The first-order valence-corrected chi connectivity index (χ1v) is 4.09. The fraction of sp³-hybridized carbons (Fsp3) is 0.375. The molecule has 0 amide bonds. The minimum atomic E-state index is -0.943. The molecular formula is C8H9N3O3. The SMILES string of the molecule is Cc1nc2noc(CC(=O)O)c2n1C. The minimum Gasteiger partial charge on any atom is -0.481 e. The van der Waals surface area contributed by atoms with Crippen LogP contribution in [0.2, 0.25) is 0 Å². The third kappa shape index (κ3) is 1.15. The van der Waals surface area contributed by atoms with E-state index in [2.05, 4.69) is 10.1 Å². The molecule has 74 valence electrons. The van der Waals surface area contributed by atoms with Gasteiger partial charge in [0.05, 0.1) is 0 Å². The summed E-state index contributed by atoms with van der Waals surface area (Å²) in [5.74, 6) is 0.183. The number of fused-ring (bicyclic) bond motifs is 1. The van der Waals surface area contributed by atoms with Gasteiger partial charge in [-0.15, -0.1) is 0 Å². The molecule has 2 rings (SSSR count). The predicted molar refractivity (Wildman–Crippen MR) is 46.9 cm³/mol. The number of carboxylic acid groups (broad SMARTS) is 1. The Morgan fingerprint density at radius 2 is 2.36 bits per heavy atom. The summed E-state index contributed by atoms with van der Waals surface area (Å²) >= 11 is 0. The maximum Gasteiger partial charge on any atom is 0.311 e. The number of imidazole rings is 1. The molecule has 0 atom stereocenters. The molecule has 14 heavy (non-hydrogen) atoms. The quantitative estimate of drug-likeness (QED) is 0.754. The van der Waals surface area contributed by atoms with Gasteiger partial charge in [0, 0.05) is 7.05 Å². The van der Waals surface area contributed by atoms with Crippen LogP contribution in [-0.4, -0.2) is 25.8 Å². The number of aromatic nitrogens is 3. The first-order valence-electron chi connectivity index (χ1n) is 4.09. The van der Waals surface area contributed by atoms with E-state index in [-0.39, 0.29) is 6.42 Å². The number of carboxylic acids is 1. The zero-order valence-corrected chi connectivity index (χ0v) is 7.81. The second-order valence-corrected chi connectivity index (χ2v) is 3.07. The third-order valence-electron chi connectivity index (χ3n) is 2.12. The minimum absolute atomic E-state index is 0.171. The number of aliphatic carboxylic acids is 1. The van der Waals surface area contributed by atoms with Gasteiger partial charge in [0.2, 0.25) is 5.65 Å². The predicted octanol–water partition coefficient (Wildman–Crippen LogP) is 0.497. The van der Waals surface area contributed by atoms with E-state index >= 15 is 0 Å². The fourth-order valence-electron chi connectivity index (χ4n) is 1.36. The Labute approximate surface area is 79.1 Å². The Morgan fingerprint density at radius 3 is 3.00 bits per heavy atom. The van der Waals surface area contributed by atoms with Crippen molar-refractivity contribution in [1.82, 2.24) is 14.7 Å². The molecule has 2 aromatic rings. The van der Waals surface area contributed by atoms with Crippen molar-refractivity contribution in [3.63, 3.8) is 0 Å². The van der Waals surface area contributed by atoms with Crippen molar-refractivity contribution in [1.29, 1.82) is 0 Å². The molecule has 6 nitrogen and oxygen atoms in total. The second kappa shape index (κ2) is 2.83. The maximum atomic E-state index is 10.5. The molecule has 0 saturated carbocycles. The average molecular weight is 195 g/mol. The van der Waals surface area contributed by atoms with Gasteiger partial charge in [0.25, 0.3) is 0 Å². The van der Waals surface area contributed by atoms with Crippen LogP contribution in [0.4, 0.5) is 0 Å². The molecule has 0 bridgehead atoms. The molecule has 0 unspecified atom stereocenters. The normalized spacial score (nSPS) is 11.0. The first-order chi connectivity index (χ1) is 6.59. The van der Waals surface area contributed by atoms with E-state index in [0.717, 1.165) is 5.82 Å². The lowest BCUT2D eigenvalue weighted by molar-refractivity contribution is -0.136. The standard InChI is InChI=1S/C8H9N3O3/c1-4-9-8-7(11(4)2)5(14-10-8)3-6(12)13/h3H2,1-2H3,(H,12,13). The highest BCUT2D eigenvalue weighted by atomic mass is 16.5. The Bertz CT molecular complexity index is 497. The summed E-state index contributed by atoms with van der Waals surface area (Å²) in [5, 5.41) is 12.3. The van der Waals surface area contributed by atoms with Gasteiger partial charge in [-0.3, -0.25) is 4.79 Å². The van der Waals surface area contributed by atoms with Crippen molar-refractivity contribution in [2.24, 2.45) is 7.05 Å². The van der Waals surface area contributed by atoms with Crippen LogP contribution in [0.25, 0.3) is 11.2 Å². The van der Waals surface area contributed by atoms with Crippen LogP contribution in [0.15, 0.2) is 4.52 Å². The summed E-state index contributed by atoms with van der Waals surface area (Å²) in [6.07, 6.45) is -0.171. The Kier molecular flexibility index (Phi) is 1.77. The molecule has 0 spiro atoms. The average Bonchev–Trinajstić information content (AvgIpc) is 2.57. The number of hydrogen-bond donors (Lipinski definition) is 1. The number of rotatable bonds is 2. The highest BCUT2D eigenvalue weighted by Crippen LogP contribution is 2.18. The van der Waals surface area contributed by atoms with E-state index in [1.54, 1.807) is 11.6 Å². The van der Waals surface area contributed by atoms with Crippen molar-refractivity contribution in [3.05, 3.63) is 11.6 Å². The van der Waals surface area contributed by atoms with E-state index in [0.29, 0.717) is 16.9 Å². The van der Waals surface area contributed by atoms with E-state index < -0.39 is 5.97 Å². The van der Waals surface area contributed by atoms with Gasteiger partial charge >= 0.3 is 5.97 Å². The van der Waals surface area contributed by atoms with Crippen molar-refractivity contribution in [3.8, 4) is 0 Å². The molecule has 2 aromatic heterocycles. The summed E-state index contributed by atoms with van der Waals surface area (Å²) in [4.78, 5) is 14.6. The van der Waals surface area contributed by atoms with Crippen LogP contribution in [-0.2, 0) is 18.3 Å². The van der Waals surface area contributed by atoms with Gasteiger partial charge in [-0.25, -0.2) is 4.98 Å². The molecular weight excluding hydrogens is 186 g/mol. The van der Waals surface area contributed by atoms with Gasteiger partial charge in [0.1, 0.15) is 17.8 Å². The van der Waals surface area contributed by atoms with Crippen molar-refractivity contribution in [2.75, 3.05) is 0 Å². The van der Waals surface area contributed by atoms with Crippen LogP contribution >= 0.6 is 0 Å². The lowest BCUT2D eigenvalue weighted by atomic mass is 10.3. The second-order valence-electron chi connectivity index (χ2n) is 3.07. The summed E-state index contributed by atoms with van der Waals surface area (Å²) in [6.45, 7) is 1.83. The molecule has 1 N–H and O–H groups in total. The maximum absolute atomic E-state index is 10.5. The van der Waals surface area contributed by atoms with Gasteiger partial charge in [-0.1, -0.05) is 5.16 Å². The Morgan fingerprint density at radius 1 is 1.64 bits per heavy atom. The zero-order chi connectivity index (χ0) is 10.3. The van der Waals surface area contributed by atoms with Gasteiger partial charge in [-0.05, 0) is 6.92 Å². The van der Waals surface area contributed by atoms with Gasteiger partial charge in [-0.2, -0.15) is 0 Å². The van der Waals surface area contributed by atoms with E-state index in [1.807, 2.05) is 6.92 Å². The highest BCUT2D eigenvalue weighted by Gasteiger charge is 2.17. The number of carbonyl (C=O) groups is 1. The van der Waals surface area contributed by atoms with Crippen LogP contribution in [0.5, 0.6) is 0 Å². The molecule has 0 radical (unpaired) electrons. The molecule has 2 heterocycles. The number of nitrogens with zero attached hydrogens (tertiary/aromatic N) is 3. The van der Waals surface area contributed by atoms with Crippen LogP contribution in [0.3, 0.4) is 0 Å². The zero-order valence-electron chi connectivity index (χ0n) is 7.81. The molecule has 0 fully saturated rings. The number of hydrogen-bond acceptors (Lipinski definition) is 4. The highest BCUT2D eigenvalue weighted by molar-refractivity contribution is 5.79. The van der Waals surface area contributed by atoms with Crippen molar-refractivity contribution >= 4 is 17.1 Å². The summed E-state index contributed by atoms with van der Waals surface area (Å²) in [5.41, 5.74) is 1.12. The van der Waals surface area contributed by atoms with Crippen LogP contribution in [0, 0.1) is 6.92 Å². The topological polar surface area (TPSA) is 81.2 Å².